The van der Waals surface area contributed by atoms with E-state index in [9.17, 15) is 8.42 Å². The molecular weight excluding hydrogens is 376 g/mol. The largest absolute Gasteiger partial charge is 0.397 e. The van der Waals surface area contributed by atoms with Crippen LogP contribution in [0.4, 0.5) is 11.4 Å². The number of sulfonamides is 1. The number of nitrogen functional groups attached to an aromatic ring is 1. The van der Waals surface area contributed by atoms with Crippen molar-refractivity contribution in [2.24, 2.45) is 0 Å². The highest BCUT2D eigenvalue weighted by Crippen LogP contribution is 2.28. The molecule has 4 nitrogen and oxygen atoms in total. The minimum atomic E-state index is -3.71. The minimum Gasteiger partial charge on any atom is -0.397 e. The summed E-state index contributed by atoms with van der Waals surface area (Å²) in [7, 11) is -3.71. The molecule has 2 aromatic rings. The molecule has 0 spiro atoms. The zero-order chi connectivity index (χ0) is 15.8. The normalized spacial score (nSPS) is 11.4. The molecule has 0 unspecified atom stereocenters. The molecule has 0 bridgehead atoms. The van der Waals surface area contributed by atoms with Gasteiger partial charge in [0.25, 0.3) is 10.0 Å². The van der Waals surface area contributed by atoms with Gasteiger partial charge in [0.2, 0.25) is 0 Å². The lowest BCUT2D eigenvalue weighted by molar-refractivity contribution is 0.601. The number of rotatable bonds is 3. The number of anilines is 2. The maximum atomic E-state index is 12.4. The fourth-order valence-electron chi connectivity index (χ4n) is 1.84. The van der Waals surface area contributed by atoms with E-state index in [1.165, 1.54) is 12.1 Å². The van der Waals surface area contributed by atoms with Gasteiger partial charge in [0, 0.05) is 10.2 Å². The Morgan fingerprint density at radius 2 is 1.81 bits per heavy atom. The molecule has 0 fully saturated rings. The quantitative estimate of drug-likeness (QED) is 0.776. The number of nitrogens with two attached hydrogens (primary N) is 1. The molecule has 3 N–H and O–H groups in total. The summed E-state index contributed by atoms with van der Waals surface area (Å²) in [6, 6.07) is 8.05. The fourth-order valence-corrected chi connectivity index (χ4v) is 3.37. The number of hydrogen-bond donors (Lipinski definition) is 2. The SMILES string of the molecule is Cc1cc(NS(=O)(=O)c2cc(C)c(Cl)c(N)c2)ccc1Br. The summed E-state index contributed by atoms with van der Waals surface area (Å²) in [5.74, 6) is 0. The predicted octanol–water partition coefficient (Wildman–Crippen LogP) is 4.10. The lowest BCUT2D eigenvalue weighted by Crippen LogP contribution is -2.13. The summed E-state index contributed by atoms with van der Waals surface area (Å²) in [6.45, 7) is 3.59. The molecule has 2 aromatic carbocycles. The van der Waals surface area contributed by atoms with E-state index in [0.29, 0.717) is 16.3 Å². The van der Waals surface area contributed by atoms with E-state index in [0.717, 1.165) is 10.0 Å². The second-order valence-corrected chi connectivity index (χ2v) is 7.63. The Balaban J connectivity index is 2.40. The summed E-state index contributed by atoms with van der Waals surface area (Å²) in [5, 5.41) is 0.369. The summed E-state index contributed by atoms with van der Waals surface area (Å²) < 4.78 is 28.2. The molecule has 0 saturated carbocycles. The zero-order valence-corrected chi connectivity index (χ0v) is 14.6. The van der Waals surface area contributed by atoms with Crippen molar-refractivity contribution in [3.05, 3.63) is 51.0 Å². The molecule has 0 radical (unpaired) electrons. The molecule has 0 amide bonds. The first kappa shape index (κ1) is 16.1. The van der Waals surface area contributed by atoms with Gasteiger partial charge in [0.05, 0.1) is 15.6 Å². The summed E-state index contributed by atoms with van der Waals surface area (Å²) in [5.41, 5.74) is 8.00. The van der Waals surface area contributed by atoms with Crippen LogP contribution in [0.5, 0.6) is 0 Å². The number of aryl methyl sites for hydroxylation is 2. The number of halogens is 2. The lowest BCUT2D eigenvalue weighted by atomic mass is 10.2. The van der Waals surface area contributed by atoms with E-state index in [4.69, 9.17) is 17.3 Å². The second kappa shape index (κ2) is 5.87. The summed E-state index contributed by atoms with van der Waals surface area (Å²) in [6.07, 6.45) is 0. The first-order valence-electron chi connectivity index (χ1n) is 6.05. The van der Waals surface area contributed by atoms with E-state index in [1.807, 2.05) is 6.92 Å². The monoisotopic (exact) mass is 388 g/mol. The Morgan fingerprint density at radius 3 is 2.38 bits per heavy atom. The van der Waals surface area contributed by atoms with Crippen LogP contribution in [0.25, 0.3) is 0 Å². The van der Waals surface area contributed by atoms with E-state index in [2.05, 4.69) is 20.7 Å². The first-order valence-corrected chi connectivity index (χ1v) is 8.71. The standard InChI is InChI=1S/C14H14BrClN2O2S/c1-8-5-10(3-4-12(8)15)18-21(19,20)11-6-9(2)14(16)13(17)7-11/h3-7,18H,17H2,1-2H3. The fraction of sp³-hybridized carbons (Fsp3) is 0.143. The predicted molar refractivity (Wildman–Crippen MR) is 90.3 cm³/mol. The molecule has 112 valence electrons. The Bertz CT molecular complexity index is 784. The van der Waals surface area contributed by atoms with Gasteiger partial charge in [0.1, 0.15) is 0 Å². The first-order chi connectivity index (χ1) is 9.70. The third-order valence-electron chi connectivity index (χ3n) is 2.98. The molecule has 2 rings (SSSR count). The third kappa shape index (κ3) is 3.51. The van der Waals surface area contributed by atoms with Crippen LogP contribution in [0.3, 0.4) is 0 Å². The van der Waals surface area contributed by atoms with E-state index in [-0.39, 0.29) is 10.6 Å². The van der Waals surface area contributed by atoms with E-state index in [1.54, 1.807) is 25.1 Å². The Labute approximate surface area is 137 Å². The van der Waals surface area contributed by atoms with Crippen LogP contribution >= 0.6 is 27.5 Å². The highest BCUT2D eigenvalue weighted by Gasteiger charge is 2.17. The van der Waals surface area contributed by atoms with Gasteiger partial charge in [0.15, 0.2) is 0 Å². The molecule has 0 aliphatic carbocycles. The van der Waals surface area contributed by atoms with Crippen LogP contribution in [0.2, 0.25) is 5.02 Å². The molecule has 0 aliphatic heterocycles. The van der Waals surface area contributed by atoms with Crippen LogP contribution in [-0.4, -0.2) is 8.42 Å². The molecule has 0 heterocycles. The van der Waals surface area contributed by atoms with Crippen molar-refractivity contribution in [1.82, 2.24) is 0 Å². The van der Waals surface area contributed by atoms with Crippen molar-refractivity contribution < 1.29 is 8.42 Å². The van der Waals surface area contributed by atoms with Crippen LogP contribution < -0.4 is 10.5 Å². The molecule has 7 heteroatoms. The Kier molecular flexibility index (Phi) is 4.51. The Morgan fingerprint density at radius 1 is 1.14 bits per heavy atom. The molecule has 0 atom stereocenters. The van der Waals surface area contributed by atoms with Gasteiger partial charge < -0.3 is 5.73 Å². The smallest absolute Gasteiger partial charge is 0.261 e. The van der Waals surface area contributed by atoms with Crippen LogP contribution in [0, 0.1) is 13.8 Å². The van der Waals surface area contributed by atoms with Gasteiger partial charge in [-0.25, -0.2) is 8.42 Å². The highest BCUT2D eigenvalue weighted by atomic mass is 79.9. The molecule has 0 aromatic heterocycles. The molecular formula is C14H14BrClN2O2S. The average Bonchev–Trinajstić information content (AvgIpc) is 2.39. The van der Waals surface area contributed by atoms with Crippen molar-refractivity contribution in [3.8, 4) is 0 Å². The van der Waals surface area contributed by atoms with Crippen LogP contribution in [0.15, 0.2) is 39.7 Å². The van der Waals surface area contributed by atoms with E-state index < -0.39 is 10.0 Å². The lowest BCUT2D eigenvalue weighted by Gasteiger charge is -2.11. The van der Waals surface area contributed by atoms with Gasteiger partial charge in [-0.1, -0.05) is 27.5 Å². The Hall–Kier alpha value is -1.24. The summed E-state index contributed by atoms with van der Waals surface area (Å²) in [4.78, 5) is 0.0856. The molecule has 21 heavy (non-hydrogen) atoms. The van der Waals surface area contributed by atoms with Gasteiger partial charge in [-0.3, -0.25) is 4.72 Å². The van der Waals surface area contributed by atoms with Gasteiger partial charge in [-0.05, 0) is 55.3 Å². The number of benzene rings is 2. The summed E-state index contributed by atoms with van der Waals surface area (Å²) >= 11 is 9.33. The average molecular weight is 390 g/mol. The third-order valence-corrected chi connectivity index (χ3v) is 5.74. The van der Waals surface area contributed by atoms with E-state index >= 15 is 0 Å². The van der Waals surface area contributed by atoms with Crippen molar-refractivity contribution in [1.29, 1.82) is 0 Å². The topological polar surface area (TPSA) is 72.2 Å². The maximum absolute atomic E-state index is 12.4. The van der Waals surface area contributed by atoms with Crippen molar-refractivity contribution >= 4 is 48.9 Å². The van der Waals surface area contributed by atoms with Crippen molar-refractivity contribution in [3.63, 3.8) is 0 Å². The number of nitrogens with one attached hydrogen (secondary N) is 1. The molecule has 0 saturated heterocycles. The van der Waals surface area contributed by atoms with Crippen LogP contribution in [-0.2, 0) is 10.0 Å². The van der Waals surface area contributed by atoms with Crippen molar-refractivity contribution in [2.75, 3.05) is 10.5 Å². The van der Waals surface area contributed by atoms with Crippen LogP contribution in [0.1, 0.15) is 11.1 Å². The molecule has 0 aliphatic rings. The van der Waals surface area contributed by atoms with Gasteiger partial charge in [-0.15, -0.1) is 0 Å². The van der Waals surface area contributed by atoms with Crippen molar-refractivity contribution in [2.45, 2.75) is 18.7 Å². The zero-order valence-electron chi connectivity index (χ0n) is 11.4. The highest BCUT2D eigenvalue weighted by molar-refractivity contribution is 9.10. The second-order valence-electron chi connectivity index (χ2n) is 4.71. The minimum absolute atomic E-state index is 0.0856. The van der Waals surface area contributed by atoms with Gasteiger partial charge >= 0.3 is 0 Å². The van der Waals surface area contributed by atoms with Gasteiger partial charge in [-0.2, -0.15) is 0 Å². The maximum Gasteiger partial charge on any atom is 0.261 e. The number of hydrogen-bond acceptors (Lipinski definition) is 3.